The number of rotatable bonds is 4. The van der Waals surface area contributed by atoms with Gasteiger partial charge in [0.2, 0.25) is 11.8 Å². The molecule has 20 heavy (non-hydrogen) atoms. The Morgan fingerprint density at radius 1 is 1.15 bits per heavy atom. The number of carboxylic acid groups (broad SMARTS) is 1. The molecule has 0 unspecified atom stereocenters. The normalized spacial score (nSPS) is 10.8. The number of aromatic carboxylic acids is 1. The third kappa shape index (κ3) is 4.38. The topological polar surface area (TPSA) is 95.5 Å². The summed E-state index contributed by atoms with van der Waals surface area (Å²) in [5.41, 5.74) is -0.378. The van der Waals surface area contributed by atoms with Crippen LogP contribution in [0.2, 0.25) is 0 Å². The summed E-state index contributed by atoms with van der Waals surface area (Å²) in [6, 6.07) is 6.08. The van der Waals surface area contributed by atoms with Gasteiger partial charge in [-0.3, -0.25) is 9.59 Å². The number of nitrogens with one attached hydrogen (secondary N) is 2. The molecule has 6 nitrogen and oxygen atoms in total. The molecule has 1 rings (SSSR count). The van der Waals surface area contributed by atoms with Gasteiger partial charge in [0.25, 0.3) is 0 Å². The van der Waals surface area contributed by atoms with Crippen LogP contribution < -0.4 is 10.6 Å². The first-order valence-corrected chi connectivity index (χ1v) is 6.12. The molecule has 1 aromatic carbocycles. The second-order valence-corrected chi connectivity index (χ2v) is 5.33. The number of hydrogen-bond acceptors (Lipinski definition) is 3. The number of benzene rings is 1. The zero-order chi connectivity index (χ0) is 15.3. The second-order valence-electron chi connectivity index (χ2n) is 5.33. The third-order valence-corrected chi connectivity index (χ3v) is 2.52. The first kappa shape index (κ1) is 15.7. The van der Waals surface area contributed by atoms with Crippen LogP contribution in [0.4, 0.5) is 5.69 Å². The van der Waals surface area contributed by atoms with Crippen LogP contribution >= 0.6 is 0 Å². The van der Waals surface area contributed by atoms with Crippen molar-refractivity contribution in [1.29, 1.82) is 0 Å². The summed E-state index contributed by atoms with van der Waals surface area (Å²) in [5.74, 6) is -1.85. The van der Waals surface area contributed by atoms with Crippen molar-refractivity contribution in [3.05, 3.63) is 29.8 Å². The zero-order valence-corrected chi connectivity index (χ0v) is 11.7. The maximum absolute atomic E-state index is 11.7. The van der Waals surface area contributed by atoms with E-state index >= 15 is 0 Å². The molecule has 2 amide bonds. The van der Waals surface area contributed by atoms with E-state index in [9.17, 15) is 14.4 Å². The Labute approximate surface area is 117 Å². The smallest absolute Gasteiger partial charge is 0.337 e. The lowest BCUT2D eigenvalue weighted by Gasteiger charge is -2.17. The summed E-state index contributed by atoms with van der Waals surface area (Å²) < 4.78 is 0. The molecule has 0 saturated carbocycles. The molecule has 0 fully saturated rings. The van der Waals surface area contributed by atoms with Crippen molar-refractivity contribution in [2.75, 3.05) is 11.9 Å². The lowest BCUT2D eigenvalue weighted by Crippen LogP contribution is -2.39. The molecule has 0 aliphatic rings. The van der Waals surface area contributed by atoms with Gasteiger partial charge in [-0.15, -0.1) is 0 Å². The van der Waals surface area contributed by atoms with Gasteiger partial charge in [-0.1, -0.05) is 32.9 Å². The van der Waals surface area contributed by atoms with Crippen molar-refractivity contribution in [3.8, 4) is 0 Å². The van der Waals surface area contributed by atoms with Crippen LogP contribution in [0.5, 0.6) is 0 Å². The van der Waals surface area contributed by atoms with Gasteiger partial charge < -0.3 is 15.7 Å². The fraction of sp³-hybridized carbons (Fsp3) is 0.357. The predicted molar refractivity (Wildman–Crippen MR) is 74.5 cm³/mol. The van der Waals surface area contributed by atoms with E-state index < -0.39 is 17.3 Å². The molecule has 0 aliphatic carbocycles. The van der Waals surface area contributed by atoms with Gasteiger partial charge in [-0.2, -0.15) is 0 Å². The van der Waals surface area contributed by atoms with Gasteiger partial charge in [-0.05, 0) is 12.1 Å². The first-order chi connectivity index (χ1) is 9.21. The molecule has 108 valence electrons. The lowest BCUT2D eigenvalue weighted by molar-refractivity contribution is -0.130. The Morgan fingerprint density at radius 2 is 1.75 bits per heavy atom. The van der Waals surface area contributed by atoms with Crippen LogP contribution in [0.1, 0.15) is 31.1 Å². The minimum atomic E-state index is -1.13. The maximum atomic E-state index is 11.7. The van der Waals surface area contributed by atoms with Crippen molar-refractivity contribution in [3.63, 3.8) is 0 Å². The van der Waals surface area contributed by atoms with Gasteiger partial charge in [0.05, 0.1) is 17.8 Å². The quantitative estimate of drug-likeness (QED) is 0.777. The molecular formula is C14H18N2O4. The molecule has 3 N–H and O–H groups in total. The van der Waals surface area contributed by atoms with E-state index in [0.717, 1.165) is 0 Å². The Bertz CT molecular complexity index is 532. The van der Waals surface area contributed by atoms with Gasteiger partial charge in [0, 0.05) is 5.41 Å². The van der Waals surface area contributed by atoms with E-state index in [2.05, 4.69) is 10.6 Å². The number of anilines is 1. The highest BCUT2D eigenvalue weighted by Gasteiger charge is 2.21. The fourth-order valence-corrected chi connectivity index (χ4v) is 1.40. The van der Waals surface area contributed by atoms with E-state index in [0.29, 0.717) is 0 Å². The van der Waals surface area contributed by atoms with Gasteiger partial charge in [0.1, 0.15) is 0 Å². The molecule has 0 radical (unpaired) electrons. The lowest BCUT2D eigenvalue weighted by atomic mass is 9.96. The molecule has 0 spiro atoms. The van der Waals surface area contributed by atoms with E-state index in [1.807, 2.05) is 0 Å². The molecule has 0 aliphatic heterocycles. The molecule has 1 aromatic rings. The van der Waals surface area contributed by atoms with Crippen LogP contribution in [0.15, 0.2) is 24.3 Å². The maximum Gasteiger partial charge on any atom is 0.337 e. The number of amides is 2. The highest BCUT2D eigenvalue weighted by atomic mass is 16.4. The fourth-order valence-electron chi connectivity index (χ4n) is 1.40. The number of carbonyl (C=O) groups excluding carboxylic acids is 2. The predicted octanol–water partition coefficient (Wildman–Crippen LogP) is 1.49. The standard InChI is InChI=1S/C14H18N2O4/c1-14(2,3)13(20)15-8-11(17)16-10-7-5-4-6-9(10)12(18)19/h4-7H,8H2,1-3H3,(H,15,20)(H,16,17)(H,18,19). The summed E-state index contributed by atoms with van der Waals surface area (Å²) in [7, 11) is 0. The highest BCUT2D eigenvalue weighted by Crippen LogP contribution is 2.15. The summed E-state index contributed by atoms with van der Waals surface area (Å²) in [6.07, 6.45) is 0. The molecule has 0 heterocycles. The Balaban J connectivity index is 2.64. The van der Waals surface area contributed by atoms with Gasteiger partial charge in [-0.25, -0.2) is 4.79 Å². The summed E-state index contributed by atoms with van der Waals surface area (Å²) in [6.45, 7) is 5.00. The van der Waals surface area contributed by atoms with Crippen LogP contribution in [-0.2, 0) is 9.59 Å². The largest absolute Gasteiger partial charge is 0.478 e. The van der Waals surface area contributed by atoms with Crippen LogP contribution in [0, 0.1) is 5.41 Å². The number of hydrogen-bond donors (Lipinski definition) is 3. The minimum absolute atomic E-state index is 0.00278. The molecular weight excluding hydrogens is 260 g/mol. The monoisotopic (exact) mass is 278 g/mol. The third-order valence-electron chi connectivity index (χ3n) is 2.52. The Kier molecular flexibility index (Phi) is 4.85. The number of carboxylic acids is 1. The second kappa shape index (κ2) is 6.18. The summed E-state index contributed by atoms with van der Waals surface area (Å²) >= 11 is 0. The SMILES string of the molecule is CC(C)(C)C(=O)NCC(=O)Nc1ccccc1C(=O)O. The van der Waals surface area contributed by atoms with Crippen LogP contribution in [0.25, 0.3) is 0 Å². The van der Waals surface area contributed by atoms with Crippen molar-refractivity contribution in [2.45, 2.75) is 20.8 Å². The zero-order valence-electron chi connectivity index (χ0n) is 11.7. The molecule has 6 heteroatoms. The van der Waals surface area contributed by atoms with Crippen LogP contribution in [-0.4, -0.2) is 29.4 Å². The first-order valence-electron chi connectivity index (χ1n) is 6.12. The minimum Gasteiger partial charge on any atom is -0.478 e. The highest BCUT2D eigenvalue weighted by molar-refractivity contribution is 6.01. The molecule has 0 atom stereocenters. The van der Waals surface area contributed by atoms with Gasteiger partial charge >= 0.3 is 5.97 Å². The Morgan fingerprint density at radius 3 is 2.30 bits per heavy atom. The summed E-state index contributed by atoms with van der Waals surface area (Å²) in [5, 5.41) is 13.9. The summed E-state index contributed by atoms with van der Waals surface area (Å²) in [4.78, 5) is 34.3. The van der Waals surface area contributed by atoms with E-state index in [-0.39, 0.29) is 23.7 Å². The average Bonchev–Trinajstić information content (AvgIpc) is 2.35. The van der Waals surface area contributed by atoms with Crippen molar-refractivity contribution in [1.82, 2.24) is 5.32 Å². The number of carbonyl (C=O) groups is 3. The van der Waals surface area contributed by atoms with Crippen molar-refractivity contribution >= 4 is 23.5 Å². The molecule has 0 aromatic heterocycles. The van der Waals surface area contributed by atoms with Gasteiger partial charge in [0.15, 0.2) is 0 Å². The molecule has 0 saturated heterocycles. The van der Waals surface area contributed by atoms with E-state index in [1.165, 1.54) is 12.1 Å². The van der Waals surface area contributed by atoms with E-state index in [1.54, 1.807) is 32.9 Å². The number of para-hydroxylation sites is 1. The van der Waals surface area contributed by atoms with Crippen LogP contribution in [0.3, 0.4) is 0 Å². The van der Waals surface area contributed by atoms with Crippen molar-refractivity contribution < 1.29 is 19.5 Å². The van der Waals surface area contributed by atoms with E-state index in [4.69, 9.17) is 5.11 Å². The van der Waals surface area contributed by atoms with Crippen molar-refractivity contribution in [2.24, 2.45) is 5.41 Å². The average molecular weight is 278 g/mol. The Hall–Kier alpha value is -2.37. The molecule has 0 bridgehead atoms.